The maximum atomic E-state index is 13.7. The third-order valence-corrected chi connectivity index (χ3v) is 13.2. The maximum absolute atomic E-state index is 13.7. The van der Waals surface area contributed by atoms with E-state index in [4.69, 9.17) is 28.9 Å². The van der Waals surface area contributed by atoms with Crippen LogP contribution in [0, 0.1) is 17.8 Å². The zero-order valence-electron chi connectivity index (χ0n) is 36.7. The number of likely N-dealkylation sites (tertiary alicyclic amines) is 2. The highest BCUT2D eigenvalue weighted by molar-refractivity contribution is 6.00. The highest BCUT2D eigenvalue weighted by Gasteiger charge is 2.44. The number of ether oxygens (including phenoxy) is 4. The summed E-state index contributed by atoms with van der Waals surface area (Å²) < 4.78 is 23.1. The molecule has 4 amide bonds. The third kappa shape index (κ3) is 7.99. The summed E-state index contributed by atoms with van der Waals surface area (Å²) in [5.74, 6) is 2.87. The summed E-state index contributed by atoms with van der Waals surface area (Å²) in [6.07, 6.45) is 7.62. The average molecular weight is 861 g/mol. The van der Waals surface area contributed by atoms with E-state index in [2.05, 4.69) is 57.0 Å². The Balaban J connectivity index is 0.943. The van der Waals surface area contributed by atoms with Gasteiger partial charge in [-0.15, -0.1) is 0 Å². The van der Waals surface area contributed by atoms with Crippen LogP contribution in [0.4, 0.5) is 9.59 Å². The van der Waals surface area contributed by atoms with Crippen molar-refractivity contribution in [2.45, 2.75) is 96.5 Å². The number of H-pyrrole nitrogens is 2. The molecule has 4 aliphatic heterocycles. The van der Waals surface area contributed by atoms with Crippen LogP contribution in [0.3, 0.4) is 0 Å². The molecule has 3 fully saturated rings. The minimum Gasteiger partial charge on any atom is -0.488 e. The highest BCUT2D eigenvalue weighted by atomic mass is 16.5. The van der Waals surface area contributed by atoms with E-state index in [1.165, 1.54) is 19.8 Å². The van der Waals surface area contributed by atoms with Crippen molar-refractivity contribution in [3.63, 3.8) is 0 Å². The van der Waals surface area contributed by atoms with Gasteiger partial charge < -0.3 is 49.3 Å². The molecule has 4 aromatic rings. The first kappa shape index (κ1) is 42.0. The number of nitrogens with zero attached hydrogens (tertiary/aromatic N) is 4. The predicted molar refractivity (Wildman–Crippen MR) is 233 cm³/mol. The van der Waals surface area contributed by atoms with Gasteiger partial charge in [0.15, 0.2) is 0 Å². The lowest BCUT2D eigenvalue weighted by atomic mass is 9.84. The molecule has 2 aromatic carbocycles. The number of aromatic amines is 2. The van der Waals surface area contributed by atoms with Crippen LogP contribution in [-0.4, -0.2) is 106 Å². The summed E-state index contributed by atoms with van der Waals surface area (Å²) in [5, 5.41) is 5.43. The van der Waals surface area contributed by atoms with Gasteiger partial charge >= 0.3 is 12.2 Å². The molecule has 0 radical (unpaired) electrons. The summed E-state index contributed by atoms with van der Waals surface area (Å²) in [6.45, 7) is 9.17. The second-order valence-corrected chi connectivity index (χ2v) is 17.9. The fraction of sp³-hybridized carbons (Fsp3) is 0.489. The molecular formula is C47H56N8O8. The van der Waals surface area contributed by atoms with Gasteiger partial charge in [-0.1, -0.05) is 52.0 Å². The molecular weight excluding hydrogens is 805 g/mol. The van der Waals surface area contributed by atoms with Crippen LogP contribution in [0.25, 0.3) is 33.7 Å². The normalized spacial score (nSPS) is 21.2. The lowest BCUT2D eigenvalue weighted by molar-refractivity contribution is -0.136. The van der Waals surface area contributed by atoms with Gasteiger partial charge in [0.1, 0.15) is 47.9 Å². The fourth-order valence-corrected chi connectivity index (χ4v) is 9.62. The van der Waals surface area contributed by atoms with E-state index in [-0.39, 0.29) is 41.8 Å². The number of hydrogen-bond acceptors (Lipinski definition) is 10. The number of fused-ring (bicyclic) bond motifs is 4. The van der Waals surface area contributed by atoms with E-state index in [0.29, 0.717) is 37.3 Å². The molecule has 5 aliphatic rings. The van der Waals surface area contributed by atoms with Gasteiger partial charge in [-0.05, 0) is 62.5 Å². The van der Waals surface area contributed by atoms with Crippen LogP contribution < -0.4 is 20.1 Å². The number of methoxy groups -OCH3 is 2. The Bertz CT molecular complexity index is 2450. The average Bonchev–Trinajstić information content (AvgIpc) is 3.75. The molecule has 9 rings (SSSR count). The van der Waals surface area contributed by atoms with E-state index >= 15 is 0 Å². The number of imidazole rings is 2. The number of amides is 4. The lowest BCUT2D eigenvalue weighted by Crippen LogP contribution is -2.51. The maximum Gasteiger partial charge on any atom is 0.407 e. The van der Waals surface area contributed by atoms with Gasteiger partial charge in [0.05, 0.1) is 50.1 Å². The molecule has 0 bridgehead atoms. The molecule has 2 saturated heterocycles. The Kier molecular flexibility index (Phi) is 11.4. The zero-order valence-corrected chi connectivity index (χ0v) is 36.7. The van der Waals surface area contributed by atoms with E-state index in [1.807, 2.05) is 49.9 Å². The molecule has 5 atom stereocenters. The highest BCUT2D eigenvalue weighted by Crippen LogP contribution is 2.52. The summed E-state index contributed by atoms with van der Waals surface area (Å²) in [4.78, 5) is 71.7. The molecule has 0 spiro atoms. The molecule has 6 heterocycles. The van der Waals surface area contributed by atoms with Crippen molar-refractivity contribution >= 4 is 35.1 Å². The molecule has 4 N–H and O–H groups in total. The number of hydrogen-bond donors (Lipinski definition) is 4. The number of benzene rings is 2. The molecule has 332 valence electrons. The second kappa shape index (κ2) is 17.1. The van der Waals surface area contributed by atoms with Gasteiger partial charge in [0.25, 0.3) is 0 Å². The van der Waals surface area contributed by atoms with Gasteiger partial charge in [-0.2, -0.15) is 0 Å². The first-order chi connectivity index (χ1) is 30.4. The van der Waals surface area contributed by atoms with Crippen molar-refractivity contribution in [1.29, 1.82) is 0 Å². The minimum absolute atomic E-state index is 0.118. The van der Waals surface area contributed by atoms with Crippen molar-refractivity contribution < 1.29 is 38.1 Å². The second-order valence-electron chi connectivity index (χ2n) is 17.9. The van der Waals surface area contributed by atoms with E-state index in [9.17, 15) is 19.2 Å². The Hall–Kier alpha value is -6.32. The molecule has 5 unspecified atom stereocenters. The first-order valence-corrected chi connectivity index (χ1v) is 22.2. The quantitative estimate of drug-likeness (QED) is 0.122. The predicted octanol–water partition coefficient (Wildman–Crippen LogP) is 7.03. The summed E-state index contributed by atoms with van der Waals surface area (Å²) in [5.41, 5.74) is 7.82. The standard InChI is InChI=1S/C47H56N8O8/c1-24(2)39(52-46(58)60-5)44(56)54-17-7-9-34(54)42-48-21-32(50-42)27-14-16-30-36(19-27)62-23-31-29-15-13-28(20-37(29)63-41(38(30)31)26-11-12-26)33-22-49-43(51-33)35-10-8-18-55(35)45(57)40(25(3)4)53-47(59)61-6/h13-16,19-22,24-26,34-35,39-41H,7-12,17-18,23H2,1-6H3,(H,48,50)(H,49,51)(H,52,58)(H,53,59). The molecule has 2 aromatic heterocycles. The van der Waals surface area contributed by atoms with Crippen LogP contribution in [0.5, 0.6) is 11.5 Å². The Morgan fingerprint density at radius 3 is 1.71 bits per heavy atom. The van der Waals surface area contributed by atoms with Crippen LogP contribution in [-0.2, 0) is 19.1 Å². The smallest absolute Gasteiger partial charge is 0.407 e. The summed E-state index contributed by atoms with van der Waals surface area (Å²) in [7, 11) is 2.58. The molecule has 1 aliphatic carbocycles. The van der Waals surface area contributed by atoms with Crippen molar-refractivity contribution in [1.82, 2.24) is 40.4 Å². The van der Waals surface area contributed by atoms with Crippen LogP contribution >= 0.6 is 0 Å². The minimum atomic E-state index is -0.706. The van der Waals surface area contributed by atoms with Crippen molar-refractivity contribution in [3.05, 3.63) is 71.6 Å². The largest absolute Gasteiger partial charge is 0.488 e. The van der Waals surface area contributed by atoms with Crippen molar-refractivity contribution in [2.75, 3.05) is 33.9 Å². The SMILES string of the molecule is COC(=O)NC(C(=O)N1CCCC1c1ncc(-c2ccc3c(c2)OC(C2CC2)C2=C3COc3cc(-c4cnc(C5CCCN5C(=O)C(NC(=O)OC)C(C)C)[nH]4)ccc32)[nH]1)C(C)C. The van der Waals surface area contributed by atoms with E-state index in [1.54, 1.807) is 0 Å². The third-order valence-electron chi connectivity index (χ3n) is 13.2. The number of aromatic nitrogens is 4. The summed E-state index contributed by atoms with van der Waals surface area (Å²) in [6, 6.07) is 10.6. The molecule has 1 saturated carbocycles. The molecule has 16 heteroatoms. The lowest BCUT2D eigenvalue weighted by Gasteiger charge is -2.35. The van der Waals surface area contributed by atoms with Crippen LogP contribution in [0.15, 0.2) is 48.8 Å². The van der Waals surface area contributed by atoms with Gasteiger partial charge in [-0.25, -0.2) is 19.6 Å². The van der Waals surface area contributed by atoms with Crippen LogP contribution in [0.2, 0.25) is 0 Å². The van der Waals surface area contributed by atoms with E-state index < -0.39 is 24.3 Å². The number of rotatable bonds is 11. The number of nitrogens with one attached hydrogen (secondary N) is 4. The Labute approximate surface area is 366 Å². The van der Waals surface area contributed by atoms with Gasteiger partial charge in [0.2, 0.25) is 11.8 Å². The van der Waals surface area contributed by atoms with E-state index in [0.717, 1.165) is 89.2 Å². The zero-order chi connectivity index (χ0) is 44.1. The first-order valence-electron chi connectivity index (χ1n) is 22.2. The fourth-order valence-electron chi connectivity index (χ4n) is 9.62. The van der Waals surface area contributed by atoms with Crippen molar-refractivity contribution in [2.24, 2.45) is 17.8 Å². The van der Waals surface area contributed by atoms with Gasteiger partial charge in [-0.3, -0.25) is 9.59 Å². The topological polar surface area (TPSA) is 193 Å². The number of carbonyl (C=O) groups is 4. The number of carbonyl (C=O) groups excluding carboxylic acids is 4. The number of alkyl carbamates (subject to hydrolysis) is 2. The molecule has 16 nitrogen and oxygen atoms in total. The Morgan fingerprint density at radius 1 is 0.714 bits per heavy atom. The van der Waals surface area contributed by atoms with Gasteiger partial charge in [0, 0.05) is 52.4 Å². The van der Waals surface area contributed by atoms with Crippen LogP contribution in [0.1, 0.15) is 101 Å². The van der Waals surface area contributed by atoms with Crippen molar-refractivity contribution in [3.8, 4) is 34.0 Å². The summed E-state index contributed by atoms with van der Waals surface area (Å²) >= 11 is 0. The molecule has 63 heavy (non-hydrogen) atoms. The Morgan fingerprint density at radius 2 is 1.22 bits per heavy atom. The monoisotopic (exact) mass is 860 g/mol.